The van der Waals surface area contributed by atoms with Gasteiger partial charge in [-0.3, -0.25) is 4.79 Å². The summed E-state index contributed by atoms with van der Waals surface area (Å²) >= 11 is 0. The minimum Gasteiger partial charge on any atom is -0.486 e. The number of likely N-dealkylation sites (N-methyl/N-ethyl adjacent to an activating group) is 1. The fourth-order valence-electron chi connectivity index (χ4n) is 2.88. The van der Waals surface area contributed by atoms with Crippen molar-refractivity contribution in [3.63, 3.8) is 0 Å². The Labute approximate surface area is 141 Å². The molecule has 24 heavy (non-hydrogen) atoms. The van der Waals surface area contributed by atoms with Crippen molar-refractivity contribution in [2.24, 2.45) is 0 Å². The number of carbonyl (C=O) groups excluding carboxylic acids is 2. The average molecular weight is 333 g/mol. The number of fused-ring (bicyclic) bond motifs is 1. The summed E-state index contributed by atoms with van der Waals surface area (Å²) in [4.78, 5) is 25.8. The van der Waals surface area contributed by atoms with Crippen LogP contribution < -0.4 is 20.1 Å². The third-order valence-corrected chi connectivity index (χ3v) is 4.22. The van der Waals surface area contributed by atoms with E-state index >= 15 is 0 Å². The molecule has 7 nitrogen and oxygen atoms in total. The highest BCUT2D eigenvalue weighted by Crippen LogP contribution is 2.30. The number of para-hydroxylation sites is 2. The average Bonchev–Trinajstić information content (AvgIpc) is 2.79. The zero-order chi connectivity index (χ0) is 16.9. The number of carbonyl (C=O) groups is 2. The number of amides is 3. The summed E-state index contributed by atoms with van der Waals surface area (Å²) in [5.41, 5.74) is 0. The van der Waals surface area contributed by atoms with Gasteiger partial charge in [0.05, 0.1) is 6.54 Å². The number of nitrogens with zero attached hydrogens (tertiary/aromatic N) is 1. The maximum atomic E-state index is 12.3. The van der Waals surface area contributed by atoms with Crippen LogP contribution in [-0.2, 0) is 4.79 Å². The first-order valence-electron chi connectivity index (χ1n) is 8.31. The number of urea groups is 1. The van der Waals surface area contributed by atoms with Crippen LogP contribution in [0.2, 0.25) is 0 Å². The molecule has 2 N–H and O–H groups in total. The highest BCUT2D eigenvalue weighted by molar-refractivity contribution is 5.87. The van der Waals surface area contributed by atoms with Crippen molar-refractivity contribution >= 4 is 11.9 Å². The van der Waals surface area contributed by atoms with E-state index in [9.17, 15) is 9.59 Å². The summed E-state index contributed by atoms with van der Waals surface area (Å²) in [6.45, 7) is 1.45. The molecule has 2 atom stereocenters. The molecule has 130 valence electrons. The third-order valence-electron chi connectivity index (χ3n) is 4.22. The maximum absolute atomic E-state index is 12.3. The van der Waals surface area contributed by atoms with Gasteiger partial charge in [0.2, 0.25) is 5.91 Å². The quantitative estimate of drug-likeness (QED) is 0.869. The van der Waals surface area contributed by atoms with Gasteiger partial charge in [-0.15, -0.1) is 0 Å². The number of ether oxygens (including phenoxy) is 2. The van der Waals surface area contributed by atoms with Crippen LogP contribution in [0, 0.1) is 0 Å². The molecular weight excluding hydrogens is 310 g/mol. The topological polar surface area (TPSA) is 79.9 Å². The molecular formula is C17H23N3O4. The van der Waals surface area contributed by atoms with Gasteiger partial charge in [0, 0.05) is 13.6 Å². The molecule has 1 aromatic rings. The van der Waals surface area contributed by atoms with E-state index in [2.05, 4.69) is 10.6 Å². The van der Waals surface area contributed by atoms with Gasteiger partial charge in [-0.05, 0) is 31.4 Å². The summed E-state index contributed by atoms with van der Waals surface area (Å²) in [6.07, 6.45) is 2.30. The number of hydrogen-bond acceptors (Lipinski definition) is 4. The smallest absolute Gasteiger partial charge is 0.317 e. The van der Waals surface area contributed by atoms with Gasteiger partial charge in [-0.1, -0.05) is 12.1 Å². The Morgan fingerprint density at radius 2 is 2.12 bits per heavy atom. The van der Waals surface area contributed by atoms with Gasteiger partial charge in [0.25, 0.3) is 0 Å². The lowest BCUT2D eigenvalue weighted by molar-refractivity contribution is -0.122. The summed E-state index contributed by atoms with van der Waals surface area (Å²) < 4.78 is 11.5. The van der Waals surface area contributed by atoms with Crippen LogP contribution in [0.4, 0.5) is 4.79 Å². The van der Waals surface area contributed by atoms with Crippen LogP contribution in [0.15, 0.2) is 24.3 Å². The van der Waals surface area contributed by atoms with Crippen LogP contribution >= 0.6 is 0 Å². The fraction of sp³-hybridized carbons (Fsp3) is 0.529. The van der Waals surface area contributed by atoms with Gasteiger partial charge >= 0.3 is 6.03 Å². The second-order valence-corrected chi connectivity index (χ2v) is 6.17. The molecule has 0 saturated carbocycles. The van der Waals surface area contributed by atoms with E-state index in [1.54, 1.807) is 7.05 Å². The van der Waals surface area contributed by atoms with E-state index < -0.39 is 6.04 Å². The van der Waals surface area contributed by atoms with Crippen LogP contribution in [0.3, 0.4) is 0 Å². The summed E-state index contributed by atoms with van der Waals surface area (Å²) in [6, 6.07) is 6.72. The lowest BCUT2D eigenvalue weighted by Gasteiger charge is -2.30. The highest BCUT2D eigenvalue weighted by atomic mass is 16.6. The van der Waals surface area contributed by atoms with Crippen molar-refractivity contribution in [2.75, 3.05) is 26.7 Å². The van der Waals surface area contributed by atoms with Crippen molar-refractivity contribution < 1.29 is 19.1 Å². The Hall–Kier alpha value is -2.44. The maximum Gasteiger partial charge on any atom is 0.317 e. The molecule has 0 radical (unpaired) electrons. The van der Waals surface area contributed by atoms with Gasteiger partial charge in [0.1, 0.15) is 12.6 Å². The predicted molar refractivity (Wildman–Crippen MR) is 88.2 cm³/mol. The predicted octanol–water partition coefficient (Wildman–Crippen LogP) is 1.14. The highest BCUT2D eigenvalue weighted by Gasteiger charge is 2.27. The Kier molecular flexibility index (Phi) is 5.08. The number of benzene rings is 1. The Bertz CT molecular complexity index is 607. The minimum atomic E-state index is -0.466. The molecule has 0 spiro atoms. The standard InChI is InChI=1S/C17H23N3O4/c1-20(17(22)19-13-6-4-5-9-18-16(13)21)10-12-11-23-14-7-2-3-8-15(14)24-12/h2-3,7-8,12-13H,4-6,9-11H2,1H3,(H,18,21)(H,19,22). The Balaban J connectivity index is 1.52. The second-order valence-electron chi connectivity index (χ2n) is 6.17. The van der Waals surface area contributed by atoms with E-state index in [0.29, 0.717) is 31.9 Å². The fourth-order valence-corrected chi connectivity index (χ4v) is 2.88. The number of hydrogen-bond donors (Lipinski definition) is 2. The molecule has 1 fully saturated rings. The van der Waals surface area contributed by atoms with Crippen LogP contribution in [0.25, 0.3) is 0 Å². The summed E-state index contributed by atoms with van der Waals surface area (Å²) in [7, 11) is 1.69. The van der Waals surface area contributed by atoms with Crippen LogP contribution in [0.1, 0.15) is 19.3 Å². The summed E-state index contributed by atoms with van der Waals surface area (Å²) in [5, 5.41) is 5.61. The second kappa shape index (κ2) is 7.42. The molecule has 0 bridgehead atoms. The first-order chi connectivity index (χ1) is 11.6. The third kappa shape index (κ3) is 3.90. The van der Waals surface area contributed by atoms with Crippen molar-refractivity contribution in [1.29, 1.82) is 0 Å². The van der Waals surface area contributed by atoms with Crippen LogP contribution in [0.5, 0.6) is 11.5 Å². The van der Waals surface area contributed by atoms with E-state index in [-0.39, 0.29) is 18.0 Å². The molecule has 1 aromatic carbocycles. The van der Waals surface area contributed by atoms with Gasteiger partial charge in [-0.25, -0.2) is 4.79 Å². The molecule has 3 rings (SSSR count). The van der Waals surface area contributed by atoms with E-state index in [1.165, 1.54) is 4.90 Å². The molecule has 7 heteroatoms. The molecule has 2 heterocycles. The first kappa shape index (κ1) is 16.4. The lowest BCUT2D eigenvalue weighted by atomic mass is 10.1. The van der Waals surface area contributed by atoms with Crippen molar-refractivity contribution in [3.05, 3.63) is 24.3 Å². The van der Waals surface area contributed by atoms with E-state index in [1.807, 2.05) is 24.3 Å². The summed E-state index contributed by atoms with van der Waals surface area (Å²) in [5.74, 6) is 1.29. The number of rotatable bonds is 3. The molecule has 1 saturated heterocycles. The Morgan fingerprint density at radius 1 is 1.33 bits per heavy atom. The van der Waals surface area contributed by atoms with E-state index in [0.717, 1.165) is 18.6 Å². The zero-order valence-electron chi connectivity index (χ0n) is 13.8. The van der Waals surface area contributed by atoms with Gasteiger partial charge < -0.3 is 25.0 Å². The molecule has 2 unspecified atom stereocenters. The largest absolute Gasteiger partial charge is 0.486 e. The molecule has 2 aliphatic heterocycles. The molecule has 2 aliphatic rings. The van der Waals surface area contributed by atoms with Crippen LogP contribution in [-0.4, -0.2) is 55.7 Å². The first-order valence-corrected chi connectivity index (χ1v) is 8.31. The van der Waals surface area contributed by atoms with Gasteiger partial charge in [-0.2, -0.15) is 0 Å². The minimum absolute atomic E-state index is 0.111. The molecule has 0 aliphatic carbocycles. The van der Waals surface area contributed by atoms with Crippen molar-refractivity contribution in [1.82, 2.24) is 15.5 Å². The van der Waals surface area contributed by atoms with Gasteiger partial charge in [0.15, 0.2) is 17.6 Å². The zero-order valence-corrected chi connectivity index (χ0v) is 13.8. The Morgan fingerprint density at radius 3 is 2.96 bits per heavy atom. The molecule has 0 aromatic heterocycles. The van der Waals surface area contributed by atoms with Crippen molar-refractivity contribution in [3.8, 4) is 11.5 Å². The number of nitrogens with one attached hydrogen (secondary N) is 2. The lowest BCUT2D eigenvalue weighted by Crippen LogP contribution is -2.51. The monoisotopic (exact) mass is 333 g/mol. The molecule has 3 amide bonds. The normalized spacial score (nSPS) is 23.0. The van der Waals surface area contributed by atoms with E-state index in [4.69, 9.17) is 9.47 Å². The SMILES string of the molecule is CN(CC1COc2ccccc2O1)C(=O)NC1CCCCNC1=O. The van der Waals surface area contributed by atoms with Crippen molar-refractivity contribution in [2.45, 2.75) is 31.4 Å².